The number of carboxylic acid groups (broad SMARTS) is 2. The molecule has 288 valence electrons. The van der Waals surface area contributed by atoms with Gasteiger partial charge in [-0.3, -0.25) is 0 Å². The second kappa shape index (κ2) is 34.8. The van der Waals surface area contributed by atoms with Crippen LogP contribution in [0.4, 0.5) is 0 Å². The lowest BCUT2D eigenvalue weighted by Crippen LogP contribution is -2.28. The fraction of sp³-hybridized carbons (Fsp3) is 0.860. The zero-order chi connectivity index (χ0) is 36.4. The summed E-state index contributed by atoms with van der Waals surface area (Å²) >= 11 is 0. The Hall–Kier alpha value is -1.66. The molecule has 0 unspecified atom stereocenters. The van der Waals surface area contributed by atoms with Crippen LogP contribution in [0.2, 0.25) is 0 Å². The van der Waals surface area contributed by atoms with Gasteiger partial charge in [-0.1, -0.05) is 129 Å². The number of carboxylic acids is 2. The summed E-state index contributed by atoms with van der Waals surface area (Å²) < 4.78 is 0. The summed E-state index contributed by atoms with van der Waals surface area (Å²) in [6, 6.07) is 0. The standard InChI is InChI=1S/C43H81NO5/c1-5-9-13-19-28-38(29-20-14-10-6-2)40(42(46)47)32-23-17-25-34-44(36-27-37-45)35-26-18-24-33-41(43(48)49)39(30-21-15-11-7-3)31-22-16-12-8-4/h45H,5-37H2,1-4H3,(H,46,47)(H,48,49). The SMILES string of the molecule is CCCCCCC(CCCCCC)=C(CCCCCN(CCCO)CCCCCC(C(=O)O)=C(CCCCCC)CCCCCC)C(=O)O. The molecule has 0 saturated carbocycles. The number of hydrogen-bond donors (Lipinski definition) is 3. The van der Waals surface area contributed by atoms with Crippen molar-refractivity contribution < 1.29 is 24.9 Å². The van der Waals surface area contributed by atoms with Crippen LogP contribution < -0.4 is 0 Å². The van der Waals surface area contributed by atoms with E-state index in [1.54, 1.807) is 0 Å². The molecule has 3 N–H and O–H groups in total. The van der Waals surface area contributed by atoms with Gasteiger partial charge in [-0.25, -0.2) is 9.59 Å². The molecule has 0 aliphatic heterocycles. The Kier molecular flexibility index (Phi) is 33.6. The zero-order valence-corrected chi connectivity index (χ0v) is 32.9. The lowest BCUT2D eigenvalue weighted by atomic mass is 9.92. The van der Waals surface area contributed by atoms with E-state index in [9.17, 15) is 24.9 Å². The number of hydrogen-bond acceptors (Lipinski definition) is 4. The van der Waals surface area contributed by atoms with E-state index in [1.165, 1.54) is 88.2 Å². The molecule has 0 amide bonds. The first-order valence-corrected chi connectivity index (χ1v) is 21.1. The fourth-order valence-corrected chi connectivity index (χ4v) is 7.04. The first-order valence-electron chi connectivity index (χ1n) is 21.1. The number of rotatable bonds is 37. The number of unbranched alkanes of at least 4 members (excludes halogenated alkanes) is 16. The van der Waals surface area contributed by atoms with Gasteiger partial charge in [0.15, 0.2) is 0 Å². The highest BCUT2D eigenvalue weighted by molar-refractivity contribution is 5.88. The lowest BCUT2D eigenvalue weighted by molar-refractivity contribution is -0.133. The van der Waals surface area contributed by atoms with Crippen LogP contribution in [0.1, 0.15) is 214 Å². The van der Waals surface area contributed by atoms with Crippen molar-refractivity contribution in [2.45, 2.75) is 214 Å². The van der Waals surface area contributed by atoms with Gasteiger partial charge >= 0.3 is 11.9 Å². The van der Waals surface area contributed by atoms with Crippen molar-refractivity contribution in [1.82, 2.24) is 4.90 Å². The molecule has 0 saturated heterocycles. The molecule has 49 heavy (non-hydrogen) atoms. The average Bonchev–Trinajstić information content (AvgIpc) is 3.08. The maximum Gasteiger partial charge on any atom is 0.331 e. The minimum Gasteiger partial charge on any atom is -0.478 e. The topological polar surface area (TPSA) is 98.1 Å². The number of aliphatic hydroxyl groups is 1. The molecule has 0 aliphatic carbocycles. The summed E-state index contributed by atoms with van der Waals surface area (Å²) in [5.41, 5.74) is 3.77. The van der Waals surface area contributed by atoms with Gasteiger partial charge in [0.1, 0.15) is 0 Å². The first-order chi connectivity index (χ1) is 23.9. The highest BCUT2D eigenvalue weighted by atomic mass is 16.4. The maximum absolute atomic E-state index is 12.3. The van der Waals surface area contributed by atoms with E-state index >= 15 is 0 Å². The lowest BCUT2D eigenvalue weighted by Gasteiger charge is -2.22. The van der Waals surface area contributed by atoms with E-state index in [0.717, 1.165) is 116 Å². The summed E-state index contributed by atoms with van der Waals surface area (Å²) in [6.45, 7) is 11.9. The van der Waals surface area contributed by atoms with E-state index in [-0.39, 0.29) is 6.61 Å². The van der Waals surface area contributed by atoms with E-state index < -0.39 is 11.9 Å². The molecule has 0 rings (SSSR count). The third kappa shape index (κ3) is 26.8. The normalized spacial score (nSPS) is 11.3. The van der Waals surface area contributed by atoms with Gasteiger partial charge in [0.25, 0.3) is 0 Å². The molecule has 0 aromatic rings. The summed E-state index contributed by atoms with van der Waals surface area (Å²) in [6.07, 6.45) is 30.5. The van der Waals surface area contributed by atoms with Gasteiger partial charge < -0.3 is 20.2 Å². The van der Waals surface area contributed by atoms with Gasteiger partial charge in [0.05, 0.1) is 0 Å². The van der Waals surface area contributed by atoms with Crippen molar-refractivity contribution in [2.24, 2.45) is 0 Å². The molecule has 0 aliphatic rings. The van der Waals surface area contributed by atoms with Crippen molar-refractivity contribution >= 4 is 11.9 Å². The molecule has 0 spiro atoms. The van der Waals surface area contributed by atoms with Crippen LogP contribution in [0.3, 0.4) is 0 Å². The molecule has 0 bridgehead atoms. The van der Waals surface area contributed by atoms with Crippen LogP contribution in [-0.2, 0) is 9.59 Å². The average molecular weight is 692 g/mol. The van der Waals surface area contributed by atoms with Crippen LogP contribution in [-0.4, -0.2) is 58.4 Å². The second-order valence-electron chi connectivity index (χ2n) is 14.6. The van der Waals surface area contributed by atoms with Gasteiger partial charge in [-0.2, -0.15) is 0 Å². The highest BCUT2D eigenvalue weighted by Gasteiger charge is 2.16. The summed E-state index contributed by atoms with van der Waals surface area (Å²) in [4.78, 5) is 27.1. The zero-order valence-electron chi connectivity index (χ0n) is 32.9. The van der Waals surface area contributed by atoms with E-state index in [4.69, 9.17) is 0 Å². The molecule has 0 aromatic heterocycles. The summed E-state index contributed by atoms with van der Waals surface area (Å²) in [5, 5.41) is 29.7. The Morgan fingerprint density at radius 1 is 0.388 bits per heavy atom. The van der Waals surface area contributed by atoms with Gasteiger partial charge in [0, 0.05) is 24.3 Å². The van der Waals surface area contributed by atoms with Crippen LogP contribution in [0.25, 0.3) is 0 Å². The van der Waals surface area contributed by atoms with Crippen LogP contribution >= 0.6 is 0 Å². The minimum atomic E-state index is -0.716. The van der Waals surface area contributed by atoms with Crippen LogP contribution in [0.15, 0.2) is 22.3 Å². The van der Waals surface area contributed by atoms with Crippen LogP contribution in [0, 0.1) is 0 Å². The molecule has 0 heterocycles. The van der Waals surface area contributed by atoms with Crippen LogP contribution in [0.5, 0.6) is 0 Å². The minimum absolute atomic E-state index is 0.189. The van der Waals surface area contributed by atoms with E-state index in [0.29, 0.717) is 24.0 Å². The van der Waals surface area contributed by atoms with Crippen molar-refractivity contribution in [3.05, 3.63) is 22.3 Å². The van der Waals surface area contributed by atoms with Crippen molar-refractivity contribution in [2.75, 3.05) is 26.2 Å². The smallest absolute Gasteiger partial charge is 0.331 e. The quantitative estimate of drug-likeness (QED) is 0.0443. The van der Waals surface area contributed by atoms with Crippen molar-refractivity contribution in [3.63, 3.8) is 0 Å². The Bertz CT molecular complexity index is 770. The third-order valence-corrected chi connectivity index (χ3v) is 10.1. The third-order valence-electron chi connectivity index (χ3n) is 10.1. The number of aliphatic hydroxyl groups excluding tert-OH is 1. The largest absolute Gasteiger partial charge is 0.478 e. The predicted molar refractivity (Wildman–Crippen MR) is 209 cm³/mol. The van der Waals surface area contributed by atoms with E-state index in [2.05, 4.69) is 32.6 Å². The maximum atomic E-state index is 12.3. The Morgan fingerprint density at radius 3 is 0.959 bits per heavy atom. The second-order valence-corrected chi connectivity index (χ2v) is 14.6. The Morgan fingerprint density at radius 2 is 0.673 bits per heavy atom. The van der Waals surface area contributed by atoms with Gasteiger partial charge in [-0.15, -0.1) is 0 Å². The summed E-state index contributed by atoms with van der Waals surface area (Å²) in [5.74, 6) is -1.43. The first kappa shape index (κ1) is 47.3. The fourth-order valence-electron chi connectivity index (χ4n) is 7.04. The Balaban J connectivity index is 5.02. The number of allylic oxidation sites excluding steroid dienone is 2. The molecular formula is C43H81NO5. The highest BCUT2D eigenvalue weighted by Crippen LogP contribution is 2.26. The van der Waals surface area contributed by atoms with Crippen molar-refractivity contribution in [1.29, 1.82) is 0 Å². The molecule has 0 aromatic carbocycles. The number of nitrogens with zero attached hydrogens (tertiary/aromatic N) is 1. The monoisotopic (exact) mass is 692 g/mol. The van der Waals surface area contributed by atoms with Gasteiger partial charge in [-0.05, 0) is 109 Å². The Labute approximate surface area is 303 Å². The predicted octanol–water partition coefficient (Wildman–Crippen LogP) is 12.4. The molecule has 0 atom stereocenters. The molecule has 6 heteroatoms. The number of carbonyl (C=O) groups is 2. The molecule has 6 nitrogen and oxygen atoms in total. The number of aliphatic carboxylic acids is 2. The van der Waals surface area contributed by atoms with E-state index in [1.807, 2.05) is 0 Å². The summed E-state index contributed by atoms with van der Waals surface area (Å²) in [7, 11) is 0. The molecule has 0 radical (unpaired) electrons. The molecular weight excluding hydrogens is 610 g/mol. The molecule has 0 fully saturated rings. The van der Waals surface area contributed by atoms with Gasteiger partial charge in [0.2, 0.25) is 0 Å². The van der Waals surface area contributed by atoms with Crippen molar-refractivity contribution in [3.8, 4) is 0 Å².